The van der Waals surface area contributed by atoms with Crippen molar-refractivity contribution in [3.8, 4) is 0 Å². The number of rotatable bonds is 4. The van der Waals surface area contributed by atoms with Crippen molar-refractivity contribution >= 4 is 11.7 Å². The Balaban J connectivity index is 1.30. The predicted molar refractivity (Wildman–Crippen MR) is 97.7 cm³/mol. The number of carbonyl (C=O) groups is 1. The number of fused-ring (bicyclic) bond motifs is 1. The van der Waals surface area contributed by atoms with E-state index in [4.69, 9.17) is 0 Å². The highest BCUT2D eigenvalue weighted by molar-refractivity contribution is 5.76. The van der Waals surface area contributed by atoms with E-state index >= 15 is 0 Å². The van der Waals surface area contributed by atoms with Gasteiger partial charge in [-0.15, -0.1) is 5.10 Å². The number of aryl methyl sites for hydroxylation is 2. The summed E-state index contributed by atoms with van der Waals surface area (Å²) in [4.78, 5) is 16.5. The zero-order valence-corrected chi connectivity index (χ0v) is 15.2. The summed E-state index contributed by atoms with van der Waals surface area (Å²) in [5.41, 5.74) is 2.60. The van der Waals surface area contributed by atoms with Crippen molar-refractivity contribution in [2.45, 2.75) is 63.5 Å². The third kappa shape index (κ3) is 3.78. The lowest BCUT2D eigenvalue weighted by Gasteiger charge is -2.45. The number of hydrogen-bond donors (Lipinski definition) is 1. The lowest BCUT2D eigenvalue weighted by Crippen LogP contribution is -2.60. The fraction of sp³-hybridized carbons (Fsp3) is 0.737. The largest absolute Gasteiger partial charge is 0.352 e. The molecule has 3 heterocycles. The van der Waals surface area contributed by atoms with Gasteiger partial charge < -0.3 is 10.2 Å². The van der Waals surface area contributed by atoms with Gasteiger partial charge in [-0.3, -0.25) is 9.69 Å². The summed E-state index contributed by atoms with van der Waals surface area (Å²) in [7, 11) is 2.18. The average molecular weight is 343 g/mol. The number of nitrogens with zero attached hydrogens (tertiary/aromatic N) is 4. The molecule has 0 radical (unpaired) electrons. The van der Waals surface area contributed by atoms with Gasteiger partial charge in [0.05, 0.1) is 5.69 Å². The van der Waals surface area contributed by atoms with Crippen LogP contribution in [-0.2, 0) is 17.6 Å². The third-order valence-corrected chi connectivity index (χ3v) is 5.95. The molecule has 2 fully saturated rings. The first-order chi connectivity index (χ1) is 12.2. The SMILES string of the molecule is CN(CC1CCCCC(=O)N1)C1CN(c2cc3c(nn2)CCCC3)C1. The van der Waals surface area contributed by atoms with Gasteiger partial charge in [0, 0.05) is 38.1 Å². The highest BCUT2D eigenvalue weighted by Crippen LogP contribution is 2.26. The van der Waals surface area contributed by atoms with E-state index in [2.05, 4.69) is 38.4 Å². The minimum absolute atomic E-state index is 0.218. The van der Waals surface area contributed by atoms with Gasteiger partial charge in [-0.05, 0) is 57.2 Å². The molecule has 1 aliphatic carbocycles. The number of hydrogen-bond acceptors (Lipinski definition) is 5. The molecule has 1 aromatic rings. The van der Waals surface area contributed by atoms with Crippen molar-refractivity contribution in [1.29, 1.82) is 0 Å². The molecule has 0 bridgehead atoms. The van der Waals surface area contributed by atoms with E-state index in [1.54, 1.807) is 0 Å². The van der Waals surface area contributed by atoms with Gasteiger partial charge in [0.1, 0.15) is 0 Å². The van der Waals surface area contributed by atoms with Crippen molar-refractivity contribution in [3.05, 3.63) is 17.3 Å². The Kier molecular flexibility index (Phi) is 4.88. The smallest absolute Gasteiger partial charge is 0.220 e. The van der Waals surface area contributed by atoms with Gasteiger partial charge in [0.25, 0.3) is 0 Å². The molecule has 0 saturated carbocycles. The molecule has 1 unspecified atom stereocenters. The number of aromatic nitrogens is 2. The van der Waals surface area contributed by atoms with E-state index in [-0.39, 0.29) is 5.91 Å². The molecule has 0 aromatic carbocycles. The molecule has 25 heavy (non-hydrogen) atoms. The second-order valence-electron chi connectivity index (χ2n) is 7.89. The van der Waals surface area contributed by atoms with E-state index in [0.29, 0.717) is 18.5 Å². The number of amides is 1. The van der Waals surface area contributed by atoms with Crippen molar-refractivity contribution in [3.63, 3.8) is 0 Å². The summed E-state index contributed by atoms with van der Waals surface area (Å²) in [6, 6.07) is 3.10. The van der Waals surface area contributed by atoms with E-state index in [9.17, 15) is 4.79 Å². The van der Waals surface area contributed by atoms with Crippen LogP contribution >= 0.6 is 0 Å². The van der Waals surface area contributed by atoms with Crippen LogP contribution in [-0.4, -0.2) is 59.8 Å². The maximum absolute atomic E-state index is 11.7. The van der Waals surface area contributed by atoms with E-state index in [1.807, 2.05) is 0 Å². The molecule has 4 rings (SSSR count). The van der Waals surface area contributed by atoms with Gasteiger partial charge in [-0.2, -0.15) is 5.10 Å². The Labute approximate surface area is 150 Å². The molecule has 3 aliphatic rings. The maximum Gasteiger partial charge on any atom is 0.220 e. The van der Waals surface area contributed by atoms with Crippen molar-refractivity contribution < 1.29 is 4.79 Å². The highest BCUT2D eigenvalue weighted by atomic mass is 16.1. The zero-order chi connectivity index (χ0) is 17.2. The predicted octanol–water partition coefficient (Wildman–Crippen LogP) is 1.53. The molecule has 136 valence electrons. The van der Waals surface area contributed by atoms with Crippen LogP contribution < -0.4 is 10.2 Å². The van der Waals surface area contributed by atoms with Gasteiger partial charge in [0.15, 0.2) is 5.82 Å². The van der Waals surface area contributed by atoms with E-state index in [1.165, 1.54) is 24.1 Å². The van der Waals surface area contributed by atoms with Crippen molar-refractivity contribution in [2.75, 3.05) is 31.6 Å². The second kappa shape index (κ2) is 7.28. The second-order valence-corrected chi connectivity index (χ2v) is 7.89. The third-order valence-electron chi connectivity index (χ3n) is 5.95. The molecule has 1 aromatic heterocycles. The van der Waals surface area contributed by atoms with Crippen LogP contribution in [0.3, 0.4) is 0 Å². The zero-order valence-electron chi connectivity index (χ0n) is 15.2. The van der Waals surface area contributed by atoms with E-state index in [0.717, 1.165) is 57.6 Å². The minimum Gasteiger partial charge on any atom is -0.352 e. The number of likely N-dealkylation sites (N-methyl/N-ethyl adjacent to an activating group) is 1. The lowest BCUT2D eigenvalue weighted by molar-refractivity contribution is -0.121. The molecule has 1 amide bonds. The molecule has 6 nitrogen and oxygen atoms in total. The van der Waals surface area contributed by atoms with Gasteiger partial charge >= 0.3 is 0 Å². The molecular formula is C19H29N5O. The molecule has 6 heteroatoms. The average Bonchev–Trinajstić information content (AvgIpc) is 2.77. The van der Waals surface area contributed by atoms with Crippen LogP contribution in [0.25, 0.3) is 0 Å². The summed E-state index contributed by atoms with van der Waals surface area (Å²) < 4.78 is 0. The summed E-state index contributed by atoms with van der Waals surface area (Å²) >= 11 is 0. The first-order valence-corrected chi connectivity index (χ1v) is 9.79. The molecule has 1 N–H and O–H groups in total. The lowest BCUT2D eigenvalue weighted by atomic mass is 9.96. The summed E-state index contributed by atoms with van der Waals surface area (Å²) in [5.74, 6) is 1.25. The topological polar surface area (TPSA) is 61.4 Å². The summed E-state index contributed by atoms with van der Waals surface area (Å²) in [5, 5.41) is 12.1. The molecule has 2 saturated heterocycles. The maximum atomic E-state index is 11.7. The molecule has 0 spiro atoms. The quantitative estimate of drug-likeness (QED) is 0.898. The number of anilines is 1. The number of carbonyl (C=O) groups excluding carboxylic acids is 1. The Morgan fingerprint density at radius 3 is 2.84 bits per heavy atom. The molecule has 1 atom stereocenters. The van der Waals surface area contributed by atoms with Crippen molar-refractivity contribution in [2.24, 2.45) is 0 Å². The highest BCUT2D eigenvalue weighted by Gasteiger charge is 2.33. The van der Waals surface area contributed by atoms with Crippen LogP contribution in [0, 0.1) is 0 Å². The monoisotopic (exact) mass is 343 g/mol. The van der Waals surface area contributed by atoms with Crippen LogP contribution in [0.4, 0.5) is 5.82 Å². The fourth-order valence-electron chi connectivity index (χ4n) is 4.24. The van der Waals surface area contributed by atoms with Crippen LogP contribution in [0.15, 0.2) is 6.07 Å². The van der Waals surface area contributed by atoms with Crippen LogP contribution in [0.1, 0.15) is 49.8 Å². The number of nitrogens with one attached hydrogen (secondary N) is 1. The summed E-state index contributed by atoms with van der Waals surface area (Å²) in [6.45, 7) is 2.95. The Morgan fingerprint density at radius 2 is 1.96 bits per heavy atom. The van der Waals surface area contributed by atoms with Gasteiger partial charge in [-0.1, -0.05) is 6.42 Å². The van der Waals surface area contributed by atoms with Gasteiger partial charge in [0.2, 0.25) is 5.91 Å². The van der Waals surface area contributed by atoms with Crippen molar-refractivity contribution in [1.82, 2.24) is 20.4 Å². The Hall–Kier alpha value is -1.69. The van der Waals surface area contributed by atoms with Crippen LogP contribution in [0.5, 0.6) is 0 Å². The first kappa shape index (κ1) is 16.8. The summed E-state index contributed by atoms with van der Waals surface area (Å²) in [6.07, 6.45) is 8.72. The molecular weight excluding hydrogens is 314 g/mol. The minimum atomic E-state index is 0.218. The molecule has 2 aliphatic heterocycles. The normalized spacial score (nSPS) is 24.5. The standard InChI is InChI=1S/C19H29N5O/c1-23(11-15-7-3-5-9-19(25)20-15)16-12-24(13-16)18-10-14-6-2-4-8-17(14)21-22-18/h10,15-16H,2-9,11-13H2,1H3,(H,20,25). The van der Waals surface area contributed by atoms with Gasteiger partial charge in [-0.25, -0.2) is 0 Å². The Bertz CT molecular complexity index is 628. The van der Waals surface area contributed by atoms with E-state index < -0.39 is 0 Å². The fourth-order valence-corrected chi connectivity index (χ4v) is 4.24. The first-order valence-electron chi connectivity index (χ1n) is 9.79. The van der Waals surface area contributed by atoms with Crippen LogP contribution in [0.2, 0.25) is 0 Å². The Morgan fingerprint density at radius 1 is 1.16 bits per heavy atom.